The summed E-state index contributed by atoms with van der Waals surface area (Å²) in [4.78, 5) is 36.1. The van der Waals surface area contributed by atoms with Gasteiger partial charge in [-0.1, -0.05) is 79.0 Å². The standard InChI is InChI=1S/C51H66O9/c1-7-13-16-25-55-46-31-40-41-32-47(56-26-17-14-8-2)50(59-29-20-23-38(53)11-5)35-44(41)45-36-51(60-30-21-24-39(54)12-6)48(57-27-18-15-9-3)33-42(45)43(40)34-49(46)58-28-19-22-37(52)10-4/h10-12,31-36H,4-9,13-30H2,1-3H3. The molecule has 0 amide bonds. The summed E-state index contributed by atoms with van der Waals surface area (Å²) in [5.41, 5.74) is 0. The van der Waals surface area contributed by atoms with Gasteiger partial charge in [-0.3, -0.25) is 14.4 Å². The van der Waals surface area contributed by atoms with Crippen LogP contribution in [-0.2, 0) is 14.4 Å². The maximum Gasteiger partial charge on any atom is 0.161 e. The van der Waals surface area contributed by atoms with Crippen molar-refractivity contribution >= 4 is 49.7 Å². The van der Waals surface area contributed by atoms with Gasteiger partial charge in [0, 0.05) is 19.3 Å². The van der Waals surface area contributed by atoms with E-state index in [1.807, 2.05) is 30.3 Å². The third-order valence-electron chi connectivity index (χ3n) is 10.3. The highest BCUT2D eigenvalue weighted by Crippen LogP contribution is 2.47. The van der Waals surface area contributed by atoms with Gasteiger partial charge in [0.15, 0.2) is 51.8 Å². The van der Waals surface area contributed by atoms with Crippen LogP contribution in [0.15, 0.2) is 74.4 Å². The lowest BCUT2D eigenvalue weighted by molar-refractivity contribution is -0.115. The summed E-state index contributed by atoms with van der Waals surface area (Å²) in [6.07, 6.45) is 15.7. The van der Waals surface area contributed by atoms with Crippen molar-refractivity contribution in [3.8, 4) is 34.5 Å². The molecule has 0 saturated carbocycles. The lowest BCUT2D eigenvalue weighted by atomic mass is 9.93. The summed E-state index contributed by atoms with van der Waals surface area (Å²) in [5.74, 6) is 3.52. The molecule has 9 heteroatoms. The number of allylic oxidation sites excluding steroid dienone is 3. The smallest absolute Gasteiger partial charge is 0.161 e. The Hall–Kier alpha value is -5.31. The van der Waals surface area contributed by atoms with Crippen LogP contribution in [0.4, 0.5) is 0 Å². The maximum absolute atomic E-state index is 12.0. The second kappa shape index (κ2) is 26.0. The fourth-order valence-electron chi connectivity index (χ4n) is 6.89. The number of hydrogen-bond donors (Lipinski definition) is 0. The molecule has 4 rings (SSSR count). The van der Waals surface area contributed by atoms with Crippen molar-refractivity contribution in [2.24, 2.45) is 0 Å². The molecule has 0 spiro atoms. The summed E-state index contributed by atoms with van der Waals surface area (Å²) in [7, 11) is 0. The molecule has 0 bridgehead atoms. The highest BCUT2D eigenvalue weighted by atomic mass is 16.5. The van der Waals surface area contributed by atoms with Crippen LogP contribution in [-0.4, -0.2) is 57.0 Å². The fourth-order valence-corrected chi connectivity index (χ4v) is 6.89. The molecule has 60 heavy (non-hydrogen) atoms. The number of fused-ring (bicyclic) bond motifs is 6. The van der Waals surface area contributed by atoms with Gasteiger partial charge in [-0.2, -0.15) is 0 Å². The molecule has 4 aromatic rings. The predicted molar refractivity (Wildman–Crippen MR) is 244 cm³/mol. The normalized spacial score (nSPS) is 11.1. The van der Waals surface area contributed by atoms with E-state index in [1.165, 1.54) is 18.2 Å². The number of carbonyl (C=O) groups is 3. The predicted octanol–water partition coefficient (Wildman–Crippen LogP) is 12.6. The van der Waals surface area contributed by atoms with Crippen LogP contribution < -0.4 is 28.4 Å². The molecule has 4 aromatic carbocycles. The van der Waals surface area contributed by atoms with Gasteiger partial charge < -0.3 is 28.4 Å². The van der Waals surface area contributed by atoms with Crippen LogP contribution >= 0.6 is 0 Å². The minimum atomic E-state index is -0.0289. The molecular weight excluding hydrogens is 757 g/mol. The van der Waals surface area contributed by atoms with Crippen molar-refractivity contribution in [3.63, 3.8) is 0 Å². The summed E-state index contributed by atoms with van der Waals surface area (Å²) < 4.78 is 38.7. The second-order valence-corrected chi connectivity index (χ2v) is 15.1. The molecule has 0 unspecified atom stereocenters. The van der Waals surface area contributed by atoms with Gasteiger partial charge in [0.2, 0.25) is 0 Å². The largest absolute Gasteiger partial charge is 0.490 e. The van der Waals surface area contributed by atoms with E-state index in [0.717, 1.165) is 90.1 Å². The van der Waals surface area contributed by atoms with Crippen LogP contribution in [0.25, 0.3) is 32.3 Å². The van der Waals surface area contributed by atoms with Gasteiger partial charge in [0.05, 0.1) is 39.6 Å². The summed E-state index contributed by atoms with van der Waals surface area (Å²) in [6.45, 7) is 19.8. The summed E-state index contributed by atoms with van der Waals surface area (Å²) >= 11 is 0. The van der Waals surface area contributed by atoms with Gasteiger partial charge in [0.1, 0.15) is 0 Å². The minimum absolute atomic E-state index is 0.0243. The zero-order valence-corrected chi connectivity index (χ0v) is 36.3. The average Bonchev–Trinajstić information content (AvgIpc) is 3.26. The Bertz CT molecular complexity index is 2060. The highest BCUT2D eigenvalue weighted by Gasteiger charge is 2.21. The Balaban J connectivity index is 1.99. The van der Waals surface area contributed by atoms with Crippen molar-refractivity contribution in [2.75, 3.05) is 39.6 Å². The zero-order chi connectivity index (χ0) is 43.1. The van der Waals surface area contributed by atoms with Gasteiger partial charge in [-0.05, 0) is 125 Å². The highest BCUT2D eigenvalue weighted by molar-refractivity contribution is 6.26. The Morgan fingerprint density at radius 2 is 0.567 bits per heavy atom. The second-order valence-electron chi connectivity index (χ2n) is 15.1. The molecule has 0 heterocycles. The zero-order valence-electron chi connectivity index (χ0n) is 36.3. The lowest BCUT2D eigenvalue weighted by Crippen LogP contribution is -2.06. The molecule has 0 atom stereocenters. The number of unbranched alkanes of at least 4 members (excludes halogenated alkanes) is 6. The molecule has 0 aromatic heterocycles. The van der Waals surface area contributed by atoms with E-state index < -0.39 is 0 Å². The molecule has 0 fully saturated rings. The summed E-state index contributed by atoms with van der Waals surface area (Å²) in [5, 5.41) is 5.52. The topological polar surface area (TPSA) is 107 Å². The first-order valence-corrected chi connectivity index (χ1v) is 22.1. The molecule has 9 nitrogen and oxygen atoms in total. The van der Waals surface area contributed by atoms with Gasteiger partial charge in [-0.25, -0.2) is 0 Å². The molecule has 0 aliphatic carbocycles. The molecule has 0 saturated heterocycles. The van der Waals surface area contributed by atoms with Crippen molar-refractivity contribution in [3.05, 3.63) is 74.4 Å². The molecule has 324 valence electrons. The van der Waals surface area contributed by atoms with Gasteiger partial charge >= 0.3 is 0 Å². The monoisotopic (exact) mass is 822 g/mol. The van der Waals surface area contributed by atoms with E-state index in [1.54, 1.807) is 0 Å². The quantitative estimate of drug-likeness (QED) is 0.0264. The fraction of sp³-hybridized carbons (Fsp3) is 0.471. The first-order valence-electron chi connectivity index (χ1n) is 22.1. The number of benzene rings is 4. The van der Waals surface area contributed by atoms with Crippen LogP contribution in [0.3, 0.4) is 0 Å². The van der Waals surface area contributed by atoms with E-state index in [2.05, 4.69) is 46.6 Å². The van der Waals surface area contributed by atoms with E-state index >= 15 is 0 Å². The number of hydrogen-bond acceptors (Lipinski definition) is 9. The number of carbonyl (C=O) groups excluding carboxylic acids is 3. The Morgan fingerprint density at radius 3 is 0.750 bits per heavy atom. The Kier molecular flexibility index (Phi) is 20.5. The van der Waals surface area contributed by atoms with Crippen molar-refractivity contribution < 1.29 is 42.8 Å². The third kappa shape index (κ3) is 14.2. The van der Waals surface area contributed by atoms with Crippen LogP contribution in [0.1, 0.15) is 117 Å². The van der Waals surface area contributed by atoms with E-state index in [4.69, 9.17) is 28.4 Å². The molecule has 0 N–H and O–H groups in total. The Labute approximate surface area is 357 Å². The van der Waals surface area contributed by atoms with E-state index in [9.17, 15) is 14.4 Å². The minimum Gasteiger partial charge on any atom is -0.490 e. The first-order chi connectivity index (χ1) is 29.3. The first kappa shape index (κ1) is 47.4. The number of rotatable bonds is 33. The SMILES string of the molecule is C=CC(=O)CCCOc1cc2c(cc1OCCCCC)c1cc(OCCCCC)c(OCCCC(=O)C=C)cc1c1cc(OCCCC(=O)C=C)c(OCCCCC)cc21. The van der Waals surface area contributed by atoms with Crippen LogP contribution in [0.5, 0.6) is 34.5 Å². The number of ketones is 3. The lowest BCUT2D eigenvalue weighted by Gasteiger charge is -2.20. The molecule has 0 aliphatic rings. The van der Waals surface area contributed by atoms with Crippen molar-refractivity contribution in [2.45, 2.75) is 117 Å². The maximum atomic E-state index is 12.0. The Morgan fingerprint density at radius 1 is 0.367 bits per heavy atom. The summed E-state index contributed by atoms with van der Waals surface area (Å²) in [6, 6.07) is 12.2. The third-order valence-corrected chi connectivity index (χ3v) is 10.3. The van der Waals surface area contributed by atoms with Gasteiger partial charge in [0.25, 0.3) is 0 Å². The van der Waals surface area contributed by atoms with Crippen molar-refractivity contribution in [1.29, 1.82) is 0 Å². The van der Waals surface area contributed by atoms with Crippen molar-refractivity contribution in [1.82, 2.24) is 0 Å². The van der Waals surface area contributed by atoms with Crippen LogP contribution in [0, 0.1) is 0 Å². The number of ether oxygens (including phenoxy) is 6. The van der Waals surface area contributed by atoms with Crippen LogP contribution in [0.2, 0.25) is 0 Å². The van der Waals surface area contributed by atoms with E-state index in [0.29, 0.717) is 113 Å². The molecule has 0 radical (unpaired) electrons. The van der Waals surface area contributed by atoms with Gasteiger partial charge in [-0.15, -0.1) is 0 Å². The van der Waals surface area contributed by atoms with E-state index in [-0.39, 0.29) is 17.3 Å². The molecular formula is C51H66O9. The molecule has 0 aliphatic heterocycles. The average molecular weight is 823 g/mol.